The molecule has 0 bridgehead atoms. The summed E-state index contributed by atoms with van der Waals surface area (Å²) in [4.78, 5) is 24.2. The zero-order chi connectivity index (χ0) is 21.6. The molecule has 0 aromatic heterocycles. The number of piperidine rings is 1. The zero-order valence-corrected chi connectivity index (χ0v) is 18.5. The number of hydrogen-bond donors (Lipinski definition) is 1. The van der Waals surface area contributed by atoms with Gasteiger partial charge in [-0.1, -0.05) is 27.7 Å². The summed E-state index contributed by atoms with van der Waals surface area (Å²) in [5.41, 5.74) is 0.208. The van der Waals surface area contributed by atoms with E-state index in [1.54, 1.807) is 0 Å². The fourth-order valence-corrected chi connectivity index (χ4v) is 5.37. The molecule has 0 unspecified atom stereocenters. The molecular formula is C21H32N2O5S. The van der Waals surface area contributed by atoms with Crippen molar-refractivity contribution in [2.75, 3.05) is 19.7 Å². The highest BCUT2D eigenvalue weighted by molar-refractivity contribution is 7.89. The number of rotatable bonds is 8. The van der Waals surface area contributed by atoms with Crippen LogP contribution in [0.5, 0.6) is 0 Å². The summed E-state index contributed by atoms with van der Waals surface area (Å²) < 4.78 is 32.3. The van der Waals surface area contributed by atoms with Crippen LogP contribution < -0.4 is 5.32 Å². The van der Waals surface area contributed by atoms with Crippen molar-refractivity contribution in [2.24, 2.45) is 11.8 Å². The maximum absolute atomic E-state index is 12.9. The molecule has 1 aromatic rings. The van der Waals surface area contributed by atoms with Crippen LogP contribution in [0.25, 0.3) is 0 Å². The quantitative estimate of drug-likeness (QED) is 0.648. The van der Waals surface area contributed by atoms with Gasteiger partial charge in [0.2, 0.25) is 10.0 Å². The maximum Gasteiger partial charge on any atom is 0.338 e. The lowest BCUT2D eigenvalue weighted by Gasteiger charge is -2.34. The number of amides is 1. The molecule has 0 aliphatic carbocycles. The standard InChI is InChI=1S/C21H32N2O5S/c1-5-18(6-2)22-20(24)14-28-21(25)17-7-9-19(10-8-17)29(26,27)23-12-15(3)11-16(4)13-23/h7-10,15-16,18H,5-6,11-14H2,1-4H3,(H,22,24)/t15-,16+. The van der Waals surface area contributed by atoms with E-state index < -0.39 is 16.0 Å². The summed E-state index contributed by atoms with van der Waals surface area (Å²) in [6, 6.07) is 5.74. The Kier molecular flexibility index (Phi) is 8.22. The first kappa shape index (κ1) is 23.3. The number of esters is 1. The number of carbonyl (C=O) groups is 2. The molecule has 29 heavy (non-hydrogen) atoms. The SMILES string of the molecule is CCC(CC)NC(=O)COC(=O)c1ccc(S(=O)(=O)N2C[C@H](C)C[C@H](C)C2)cc1. The molecule has 1 aromatic carbocycles. The zero-order valence-electron chi connectivity index (χ0n) is 17.7. The van der Waals surface area contributed by atoms with E-state index in [1.807, 2.05) is 13.8 Å². The summed E-state index contributed by atoms with van der Waals surface area (Å²) in [6.07, 6.45) is 2.63. The van der Waals surface area contributed by atoms with Crippen LogP contribution in [0.3, 0.4) is 0 Å². The Morgan fingerprint density at radius 2 is 1.66 bits per heavy atom. The Bertz CT molecular complexity index is 793. The minimum atomic E-state index is -3.60. The van der Waals surface area contributed by atoms with Crippen molar-refractivity contribution < 1.29 is 22.7 Å². The Labute approximate surface area is 173 Å². The second kappa shape index (κ2) is 10.2. The molecule has 7 nitrogen and oxygen atoms in total. The Balaban J connectivity index is 1.98. The van der Waals surface area contributed by atoms with Crippen LogP contribution in [0, 0.1) is 11.8 Å². The lowest BCUT2D eigenvalue weighted by atomic mass is 9.94. The van der Waals surface area contributed by atoms with Gasteiger partial charge in [-0.15, -0.1) is 0 Å². The highest BCUT2D eigenvalue weighted by Gasteiger charge is 2.31. The molecule has 1 heterocycles. The number of sulfonamides is 1. The number of nitrogens with one attached hydrogen (secondary N) is 1. The van der Waals surface area contributed by atoms with E-state index in [4.69, 9.17) is 4.74 Å². The largest absolute Gasteiger partial charge is 0.452 e. The van der Waals surface area contributed by atoms with Gasteiger partial charge in [0.1, 0.15) is 0 Å². The lowest BCUT2D eigenvalue weighted by molar-refractivity contribution is -0.125. The second-order valence-corrected chi connectivity index (χ2v) is 9.89. The van der Waals surface area contributed by atoms with E-state index in [1.165, 1.54) is 28.6 Å². The second-order valence-electron chi connectivity index (χ2n) is 7.95. The molecular weight excluding hydrogens is 392 g/mol. The molecule has 1 aliphatic heterocycles. The predicted molar refractivity (Wildman–Crippen MR) is 111 cm³/mol. The molecule has 0 radical (unpaired) electrons. The van der Waals surface area contributed by atoms with Gasteiger partial charge in [-0.05, 0) is 55.4 Å². The first-order chi connectivity index (χ1) is 13.7. The van der Waals surface area contributed by atoms with Crippen LogP contribution in [0.1, 0.15) is 57.3 Å². The summed E-state index contributed by atoms with van der Waals surface area (Å²) in [5, 5.41) is 2.79. The summed E-state index contributed by atoms with van der Waals surface area (Å²) in [6.45, 7) is 8.69. The van der Waals surface area contributed by atoms with Crippen molar-refractivity contribution in [3.8, 4) is 0 Å². The average Bonchev–Trinajstić information content (AvgIpc) is 2.69. The predicted octanol–water partition coefficient (Wildman–Crippen LogP) is 2.81. The third-order valence-electron chi connectivity index (χ3n) is 5.25. The van der Waals surface area contributed by atoms with E-state index in [0.717, 1.165) is 19.3 Å². The Hall–Kier alpha value is -1.93. The van der Waals surface area contributed by atoms with Crippen LogP contribution in [-0.2, 0) is 19.6 Å². The first-order valence-corrected chi connectivity index (χ1v) is 11.7. The molecule has 0 saturated carbocycles. The van der Waals surface area contributed by atoms with Crippen LogP contribution in [0.4, 0.5) is 0 Å². The molecule has 8 heteroatoms. The van der Waals surface area contributed by atoms with E-state index in [-0.39, 0.29) is 29.0 Å². The number of ether oxygens (including phenoxy) is 1. The number of nitrogens with zero attached hydrogens (tertiary/aromatic N) is 1. The monoisotopic (exact) mass is 424 g/mol. The topological polar surface area (TPSA) is 92.8 Å². The van der Waals surface area contributed by atoms with Crippen molar-refractivity contribution in [2.45, 2.75) is 57.9 Å². The number of hydrogen-bond acceptors (Lipinski definition) is 5. The number of carbonyl (C=O) groups excluding carboxylic acids is 2. The van der Waals surface area contributed by atoms with Crippen LogP contribution in [0.2, 0.25) is 0 Å². The molecule has 1 amide bonds. The molecule has 1 N–H and O–H groups in total. The van der Waals surface area contributed by atoms with Crippen molar-refractivity contribution in [3.05, 3.63) is 29.8 Å². The van der Waals surface area contributed by atoms with Gasteiger partial charge in [-0.2, -0.15) is 4.31 Å². The highest BCUT2D eigenvalue weighted by atomic mass is 32.2. The van der Waals surface area contributed by atoms with Crippen molar-refractivity contribution in [1.29, 1.82) is 0 Å². The van der Waals surface area contributed by atoms with Crippen LogP contribution in [-0.4, -0.2) is 50.3 Å². The lowest BCUT2D eigenvalue weighted by Crippen LogP contribution is -2.42. The molecule has 1 saturated heterocycles. The average molecular weight is 425 g/mol. The van der Waals surface area contributed by atoms with Gasteiger partial charge in [0, 0.05) is 19.1 Å². The van der Waals surface area contributed by atoms with Gasteiger partial charge >= 0.3 is 5.97 Å². The van der Waals surface area contributed by atoms with Gasteiger partial charge in [0.15, 0.2) is 6.61 Å². The fraction of sp³-hybridized carbons (Fsp3) is 0.619. The van der Waals surface area contributed by atoms with Crippen molar-refractivity contribution in [1.82, 2.24) is 9.62 Å². The van der Waals surface area contributed by atoms with E-state index in [0.29, 0.717) is 24.9 Å². The first-order valence-electron chi connectivity index (χ1n) is 10.2. The van der Waals surface area contributed by atoms with Gasteiger partial charge in [0.05, 0.1) is 10.5 Å². The van der Waals surface area contributed by atoms with E-state index in [2.05, 4.69) is 19.2 Å². The smallest absolute Gasteiger partial charge is 0.338 e. The van der Waals surface area contributed by atoms with Gasteiger partial charge in [0.25, 0.3) is 5.91 Å². The maximum atomic E-state index is 12.9. The van der Waals surface area contributed by atoms with Crippen molar-refractivity contribution >= 4 is 21.9 Å². The molecule has 1 fully saturated rings. The fourth-order valence-electron chi connectivity index (χ4n) is 3.69. The Morgan fingerprint density at radius 1 is 1.10 bits per heavy atom. The third kappa shape index (κ3) is 6.27. The Morgan fingerprint density at radius 3 is 2.17 bits per heavy atom. The van der Waals surface area contributed by atoms with Crippen LogP contribution >= 0.6 is 0 Å². The summed E-state index contributed by atoms with van der Waals surface area (Å²) in [5.74, 6) is -0.378. The van der Waals surface area contributed by atoms with Gasteiger partial charge < -0.3 is 10.1 Å². The highest BCUT2D eigenvalue weighted by Crippen LogP contribution is 2.26. The molecule has 2 atom stereocenters. The van der Waals surface area contributed by atoms with Crippen molar-refractivity contribution in [3.63, 3.8) is 0 Å². The molecule has 0 spiro atoms. The summed E-state index contributed by atoms with van der Waals surface area (Å²) >= 11 is 0. The molecule has 162 valence electrons. The van der Waals surface area contributed by atoms with Gasteiger partial charge in [-0.3, -0.25) is 4.79 Å². The minimum absolute atomic E-state index is 0.0610. The minimum Gasteiger partial charge on any atom is -0.452 e. The third-order valence-corrected chi connectivity index (χ3v) is 7.09. The van der Waals surface area contributed by atoms with Gasteiger partial charge in [-0.25, -0.2) is 13.2 Å². The van der Waals surface area contributed by atoms with E-state index >= 15 is 0 Å². The molecule has 1 aliphatic rings. The summed E-state index contributed by atoms with van der Waals surface area (Å²) in [7, 11) is -3.60. The normalized spacial score (nSPS) is 20.4. The molecule has 2 rings (SSSR count). The van der Waals surface area contributed by atoms with Crippen LogP contribution in [0.15, 0.2) is 29.2 Å². The van der Waals surface area contributed by atoms with E-state index in [9.17, 15) is 18.0 Å². The number of benzene rings is 1.